The van der Waals surface area contributed by atoms with Crippen molar-refractivity contribution in [2.24, 2.45) is 5.73 Å². The summed E-state index contributed by atoms with van der Waals surface area (Å²) in [5, 5.41) is 3.70. The monoisotopic (exact) mass is 318 g/mol. The van der Waals surface area contributed by atoms with Gasteiger partial charge in [-0.1, -0.05) is 23.2 Å². The van der Waals surface area contributed by atoms with Gasteiger partial charge in [0.05, 0.1) is 11.6 Å². The van der Waals surface area contributed by atoms with Gasteiger partial charge >= 0.3 is 0 Å². The highest BCUT2D eigenvalue weighted by Gasteiger charge is 2.28. The first-order valence-corrected chi connectivity index (χ1v) is 7.08. The highest BCUT2D eigenvalue weighted by Crippen LogP contribution is 2.24. The molecule has 0 saturated carbocycles. The number of aromatic amines is 1. The number of aromatic nitrogens is 1. The summed E-state index contributed by atoms with van der Waals surface area (Å²) in [6, 6.07) is 1.44. The number of H-pyrrole nitrogens is 1. The van der Waals surface area contributed by atoms with Crippen LogP contribution in [0.2, 0.25) is 10.2 Å². The number of halogens is 2. The number of carbonyl (C=O) groups is 2. The van der Waals surface area contributed by atoms with Gasteiger partial charge in [0.25, 0.3) is 5.91 Å². The molecule has 2 heterocycles. The minimum absolute atomic E-state index is 0.0166. The van der Waals surface area contributed by atoms with Crippen molar-refractivity contribution in [1.29, 1.82) is 0 Å². The van der Waals surface area contributed by atoms with Crippen LogP contribution in [0.15, 0.2) is 6.07 Å². The second-order valence-electron chi connectivity index (χ2n) is 4.73. The fourth-order valence-corrected chi connectivity index (χ4v) is 2.64. The molecule has 110 valence electrons. The molecule has 0 radical (unpaired) electrons. The van der Waals surface area contributed by atoms with Crippen molar-refractivity contribution in [2.45, 2.75) is 18.9 Å². The molecule has 8 heteroatoms. The number of primary amides is 1. The van der Waals surface area contributed by atoms with Gasteiger partial charge in [-0.15, -0.1) is 0 Å². The van der Waals surface area contributed by atoms with E-state index in [1.807, 2.05) is 0 Å². The first kappa shape index (κ1) is 15.2. The van der Waals surface area contributed by atoms with Crippen molar-refractivity contribution in [3.05, 3.63) is 21.9 Å². The maximum atomic E-state index is 12.5. The van der Waals surface area contributed by atoms with Crippen molar-refractivity contribution < 1.29 is 9.59 Å². The van der Waals surface area contributed by atoms with Gasteiger partial charge < -0.3 is 20.9 Å². The molecule has 1 aliphatic heterocycles. The van der Waals surface area contributed by atoms with Crippen LogP contribution in [0.3, 0.4) is 0 Å². The van der Waals surface area contributed by atoms with E-state index in [1.54, 1.807) is 0 Å². The standard InChI is InChI=1S/C12H16Cl2N4O2/c13-8-5-9(17-11(8)14)12(20)18(6-10(15)19)7-1-3-16-4-2-7/h5,7,16-17H,1-4,6H2,(H2,15,19). The molecule has 0 unspecified atom stereocenters. The van der Waals surface area contributed by atoms with Gasteiger partial charge in [-0.05, 0) is 32.0 Å². The SMILES string of the molecule is NC(=O)CN(C(=O)c1cc(Cl)c(Cl)[nH]1)C1CCNCC1. The van der Waals surface area contributed by atoms with E-state index < -0.39 is 5.91 Å². The number of nitrogens with one attached hydrogen (secondary N) is 2. The molecule has 2 amide bonds. The fourth-order valence-electron chi connectivity index (χ4n) is 2.33. The maximum absolute atomic E-state index is 12.5. The molecule has 0 bridgehead atoms. The Balaban J connectivity index is 2.20. The van der Waals surface area contributed by atoms with Crippen LogP contribution in [-0.2, 0) is 4.79 Å². The second-order valence-corrected chi connectivity index (χ2v) is 5.51. The lowest BCUT2D eigenvalue weighted by Crippen LogP contribution is -2.49. The van der Waals surface area contributed by atoms with Crippen LogP contribution in [0.5, 0.6) is 0 Å². The van der Waals surface area contributed by atoms with Crippen molar-refractivity contribution in [3.8, 4) is 0 Å². The molecule has 6 nitrogen and oxygen atoms in total. The van der Waals surface area contributed by atoms with Crippen LogP contribution >= 0.6 is 23.2 Å². The highest BCUT2D eigenvalue weighted by molar-refractivity contribution is 6.41. The number of amides is 2. The Hall–Kier alpha value is -1.24. The van der Waals surface area contributed by atoms with Crippen molar-refractivity contribution in [3.63, 3.8) is 0 Å². The molecule has 1 aromatic rings. The third-order valence-corrected chi connectivity index (χ3v) is 3.98. The number of hydrogen-bond donors (Lipinski definition) is 3. The average molecular weight is 319 g/mol. The lowest BCUT2D eigenvalue weighted by Gasteiger charge is -2.33. The zero-order valence-electron chi connectivity index (χ0n) is 10.8. The third-order valence-electron chi connectivity index (χ3n) is 3.29. The van der Waals surface area contributed by atoms with Crippen LogP contribution in [0.25, 0.3) is 0 Å². The number of piperidine rings is 1. The van der Waals surface area contributed by atoms with Crippen molar-refractivity contribution in [1.82, 2.24) is 15.2 Å². The van der Waals surface area contributed by atoms with Crippen LogP contribution in [0.1, 0.15) is 23.3 Å². The molecule has 0 aromatic carbocycles. The summed E-state index contributed by atoms with van der Waals surface area (Å²) < 4.78 is 0. The summed E-state index contributed by atoms with van der Waals surface area (Å²) in [5.74, 6) is -0.856. The zero-order valence-corrected chi connectivity index (χ0v) is 12.3. The predicted molar refractivity (Wildman–Crippen MR) is 76.9 cm³/mol. The van der Waals surface area contributed by atoms with E-state index in [4.69, 9.17) is 28.9 Å². The summed E-state index contributed by atoms with van der Waals surface area (Å²) >= 11 is 11.6. The van der Waals surface area contributed by atoms with Gasteiger partial charge in [0.15, 0.2) is 0 Å². The summed E-state index contributed by atoms with van der Waals surface area (Å²) in [7, 11) is 0. The molecule has 20 heavy (non-hydrogen) atoms. The van der Waals surface area contributed by atoms with Gasteiger partial charge in [-0.3, -0.25) is 9.59 Å². The fraction of sp³-hybridized carbons (Fsp3) is 0.500. The molecule has 2 rings (SSSR count). The Morgan fingerprint density at radius 3 is 2.50 bits per heavy atom. The van der Waals surface area contributed by atoms with Gasteiger partial charge in [0, 0.05) is 6.04 Å². The number of hydrogen-bond acceptors (Lipinski definition) is 3. The van der Waals surface area contributed by atoms with Gasteiger partial charge in [0.2, 0.25) is 5.91 Å². The van der Waals surface area contributed by atoms with Crippen LogP contribution in [0, 0.1) is 0 Å². The highest BCUT2D eigenvalue weighted by atomic mass is 35.5. The topological polar surface area (TPSA) is 91.2 Å². The number of nitrogens with two attached hydrogens (primary N) is 1. The first-order valence-electron chi connectivity index (χ1n) is 6.33. The molecule has 0 aliphatic carbocycles. The van der Waals surface area contributed by atoms with E-state index in [-0.39, 0.29) is 34.4 Å². The quantitative estimate of drug-likeness (QED) is 0.773. The van der Waals surface area contributed by atoms with Crippen molar-refractivity contribution in [2.75, 3.05) is 19.6 Å². The molecule has 1 aliphatic rings. The maximum Gasteiger partial charge on any atom is 0.271 e. The molecule has 1 fully saturated rings. The molecular formula is C12H16Cl2N4O2. The third kappa shape index (κ3) is 3.45. The van der Waals surface area contributed by atoms with E-state index in [0.717, 1.165) is 25.9 Å². The van der Waals surface area contributed by atoms with E-state index in [9.17, 15) is 9.59 Å². The molecular weight excluding hydrogens is 303 g/mol. The molecule has 0 spiro atoms. The largest absolute Gasteiger partial charge is 0.368 e. The average Bonchev–Trinajstić information content (AvgIpc) is 2.76. The minimum Gasteiger partial charge on any atom is -0.368 e. The van der Waals surface area contributed by atoms with Gasteiger partial charge in [-0.25, -0.2) is 0 Å². The normalized spacial score (nSPS) is 16.1. The molecule has 0 atom stereocenters. The summed E-state index contributed by atoms with van der Waals surface area (Å²) in [4.78, 5) is 27.9. The second kappa shape index (κ2) is 6.47. The summed E-state index contributed by atoms with van der Waals surface area (Å²) in [6.07, 6.45) is 1.56. The summed E-state index contributed by atoms with van der Waals surface area (Å²) in [6.45, 7) is 1.50. The van der Waals surface area contributed by atoms with Crippen LogP contribution in [-0.4, -0.2) is 47.4 Å². The van der Waals surface area contributed by atoms with Crippen LogP contribution in [0.4, 0.5) is 0 Å². The van der Waals surface area contributed by atoms with Crippen molar-refractivity contribution >= 4 is 35.0 Å². The lowest BCUT2D eigenvalue weighted by molar-refractivity contribution is -0.119. The molecule has 4 N–H and O–H groups in total. The van der Waals surface area contributed by atoms with E-state index in [0.29, 0.717) is 0 Å². The Morgan fingerprint density at radius 1 is 1.35 bits per heavy atom. The molecule has 1 aromatic heterocycles. The predicted octanol–water partition coefficient (Wildman–Crippen LogP) is 1.00. The Kier molecular flexibility index (Phi) is 4.91. The minimum atomic E-state index is -0.541. The van der Waals surface area contributed by atoms with Gasteiger partial charge in [-0.2, -0.15) is 0 Å². The Morgan fingerprint density at radius 2 is 2.00 bits per heavy atom. The number of carbonyl (C=O) groups excluding carboxylic acids is 2. The summed E-state index contributed by atoms with van der Waals surface area (Å²) in [5.41, 5.74) is 5.50. The molecule has 1 saturated heterocycles. The Labute approximate surface area is 126 Å². The number of rotatable bonds is 4. The lowest BCUT2D eigenvalue weighted by atomic mass is 10.0. The van der Waals surface area contributed by atoms with E-state index in [1.165, 1.54) is 11.0 Å². The van der Waals surface area contributed by atoms with E-state index >= 15 is 0 Å². The first-order chi connectivity index (χ1) is 9.49. The van der Waals surface area contributed by atoms with E-state index in [2.05, 4.69) is 10.3 Å². The van der Waals surface area contributed by atoms with Crippen LogP contribution < -0.4 is 11.1 Å². The smallest absolute Gasteiger partial charge is 0.271 e. The number of nitrogens with zero attached hydrogens (tertiary/aromatic N) is 1. The Bertz CT molecular complexity index is 492. The van der Waals surface area contributed by atoms with Gasteiger partial charge in [0.1, 0.15) is 10.8 Å². The zero-order chi connectivity index (χ0) is 14.7.